The lowest BCUT2D eigenvalue weighted by atomic mass is 10.2. The Morgan fingerprint density at radius 3 is 2.85 bits per heavy atom. The van der Waals surface area contributed by atoms with Crippen LogP contribution in [0.1, 0.15) is 35.5 Å². The van der Waals surface area contributed by atoms with E-state index >= 15 is 0 Å². The van der Waals surface area contributed by atoms with Crippen LogP contribution in [0.3, 0.4) is 0 Å². The van der Waals surface area contributed by atoms with Crippen molar-refractivity contribution in [3.05, 3.63) is 20.8 Å². The first-order chi connectivity index (χ1) is 9.58. The zero-order valence-corrected chi connectivity index (χ0v) is 13.2. The van der Waals surface area contributed by atoms with Crippen molar-refractivity contribution in [3.8, 4) is 0 Å². The van der Waals surface area contributed by atoms with Gasteiger partial charge in [-0.3, -0.25) is 4.79 Å². The van der Waals surface area contributed by atoms with Gasteiger partial charge in [-0.2, -0.15) is 0 Å². The molecular formula is C13H16N2O3S2. The molecule has 0 aromatic carbocycles. The molecule has 7 heteroatoms. The monoisotopic (exact) mass is 312 g/mol. The third-order valence-corrected chi connectivity index (χ3v) is 4.93. The van der Waals surface area contributed by atoms with Crippen molar-refractivity contribution < 1.29 is 9.53 Å². The van der Waals surface area contributed by atoms with Crippen LogP contribution >= 0.6 is 23.1 Å². The molecule has 0 fully saturated rings. The summed E-state index contributed by atoms with van der Waals surface area (Å²) < 4.78 is 5.00. The van der Waals surface area contributed by atoms with Crippen molar-refractivity contribution in [1.29, 1.82) is 0 Å². The highest BCUT2D eigenvalue weighted by atomic mass is 32.2. The Hall–Kier alpha value is -1.34. The Bertz CT molecular complexity index is 691. The third kappa shape index (κ3) is 2.88. The minimum Gasteiger partial charge on any atom is -0.462 e. The smallest absolute Gasteiger partial charge is 0.348 e. The van der Waals surface area contributed by atoms with Gasteiger partial charge in [-0.25, -0.2) is 9.78 Å². The fraction of sp³-hybridized carbons (Fsp3) is 0.462. The summed E-state index contributed by atoms with van der Waals surface area (Å²) in [6.07, 6.45) is 1.00. The number of nitrogens with one attached hydrogen (secondary N) is 1. The van der Waals surface area contributed by atoms with Crippen LogP contribution in [0.2, 0.25) is 0 Å². The first kappa shape index (κ1) is 15.1. The number of ether oxygens (including phenoxy) is 1. The lowest BCUT2D eigenvalue weighted by Gasteiger charge is -1.99. The van der Waals surface area contributed by atoms with Gasteiger partial charge in [0.15, 0.2) is 5.16 Å². The summed E-state index contributed by atoms with van der Waals surface area (Å²) in [6, 6.07) is 0. The molecule has 20 heavy (non-hydrogen) atoms. The van der Waals surface area contributed by atoms with Gasteiger partial charge in [0.2, 0.25) is 0 Å². The SMILES string of the molecule is CCCSc1nc2sc(C(=O)OCC)c(C)c2c(=O)[nH]1. The van der Waals surface area contributed by atoms with Gasteiger partial charge in [0.05, 0.1) is 12.0 Å². The molecule has 2 heterocycles. The molecule has 0 aliphatic carbocycles. The number of rotatable bonds is 5. The Kier molecular flexibility index (Phi) is 4.82. The van der Waals surface area contributed by atoms with Gasteiger partial charge in [-0.15, -0.1) is 11.3 Å². The number of aromatic amines is 1. The van der Waals surface area contributed by atoms with Crippen molar-refractivity contribution in [3.63, 3.8) is 0 Å². The molecule has 0 saturated carbocycles. The van der Waals surface area contributed by atoms with Crippen molar-refractivity contribution in [1.82, 2.24) is 9.97 Å². The summed E-state index contributed by atoms with van der Waals surface area (Å²) >= 11 is 2.72. The number of fused-ring (bicyclic) bond motifs is 1. The molecule has 1 N–H and O–H groups in total. The van der Waals surface area contributed by atoms with Crippen molar-refractivity contribution >= 4 is 39.3 Å². The topological polar surface area (TPSA) is 72.0 Å². The number of esters is 1. The van der Waals surface area contributed by atoms with E-state index in [9.17, 15) is 9.59 Å². The van der Waals surface area contributed by atoms with Crippen LogP contribution in [0.5, 0.6) is 0 Å². The highest BCUT2D eigenvalue weighted by Crippen LogP contribution is 2.28. The van der Waals surface area contributed by atoms with Crippen LogP contribution in [0.4, 0.5) is 0 Å². The molecule has 2 aromatic rings. The summed E-state index contributed by atoms with van der Waals surface area (Å²) in [5.74, 6) is 0.499. The maximum absolute atomic E-state index is 12.1. The lowest BCUT2D eigenvalue weighted by molar-refractivity contribution is 0.0531. The second-order valence-corrected chi connectivity index (χ2v) is 6.26. The van der Waals surface area contributed by atoms with E-state index in [0.717, 1.165) is 12.2 Å². The van der Waals surface area contributed by atoms with E-state index in [1.54, 1.807) is 13.8 Å². The van der Waals surface area contributed by atoms with Crippen molar-refractivity contribution in [2.24, 2.45) is 0 Å². The number of hydrogen-bond acceptors (Lipinski definition) is 6. The van der Waals surface area contributed by atoms with Gasteiger partial charge in [0.1, 0.15) is 9.71 Å². The predicted octanol–water partition coefficient (Wildman–Crippen LogP) is 2.97. The molecule has 0 spiro atoms. The van der Waals surface area contributed by atoms with Crippen LogP contribution in [-0.4, -0.2) is 28.3 Å². The van der Waals surface area contributed by atoms with Gasteiger partial charge < -0.3 is 9.72 Å². The van der Waals surface area contributed by atoms with Crippen LogP contribution < -0.4 is 5.56 Å². The Labute approximate surface area is 124 Å². The zero-order valence-electron chi connectivity index (χ0n) is 11.6. The van der Waals surface area contributed by atoms with E-state index in [1.165, 1.54) is 23.1 Å². The second-order valence-electron chi connectivity index (χ2n) is 4.18. The van der Waals surface area contributed by atoms with Crippen LogP contribution in [0.25, 0.3) is 10.2 Å². The van der Waals surface area contributed by atoms with Crippen LogP contribution in [0, 0.1) is 6.92 Å². The minimum absolute atomic E-state index is 0.196. The standard InChI is InChI=1S/C13H16N2O3S2/c1-4-6-19-13-14-10(16)8-7(3)9(12(17)18-5-2)20-11(8)15-13/h4-6H2,1-3H3,(H,14,15,16). The highest BCUT2D eigenvalue weighted by Gasteiger charge is 2.20. The van der Waals surface area contributed by atoms with Gasteiger partial charge in [-0.05, 0) is 25.8 Å². The number of thiophene rings is 1. The van der Waals surface area contributed by atoms with E-state index in [-0.39, 0.29) is 5.56 Å². The molecule has 0 saturated heterocycles. The summed E-state index contributed by atoms with van der Waals surface area (Å²) in [7, 11) is 0. The summed E-state index contributed by atoms with van der Waals surface area (Å²) in [5.41, 5.74) is 0.446. The zero-order chi connectivity index (χ0) is 14.7. The third-order valence-electron chi connectivity index (χ3n) is 2.68. The average Bonchev–Trinajstić information content (AvgIpc) is 2.74. The maximum atomic E-state index is 12.1. The maximum Gasteiger partial charge on any atom is 0.348 e. The normalized spacial score (nSPS) is 10.9. The number of H-pyrrole nitrogens is 1. The van der Waals surface area contributed by atoms with E-state index in [2.05, 4.69) is 16.9 Å². The molecule has 0 aliphatic heterocycles. The first-order valence-corrected chi connectivity index (χ1v) is 8.22. The molecule has 108 valence electrons. The first-order valence-electron chi connectivity index (χ1n) is 6.41. The number of carbonyl (C=O) groups is 1. The molecule has 0 atom stereocenters. The van der Waals surface area contributed by atoms with Crippen molar-refractivity contribution in [2.45, 2.75) is 32.3 Å². The fourth-order valence-corrected chi connectivity index (χ4v) is 3.63. The molecule has 0 aliphatic rings. The van der Waals surface area contributed by atoms with Crippen LogP contribution in [-0.2, 0) is 4.74 Å². The number of carbonyl (C=O) groups excluding carboxylic acids is 1. The molecule has 2 rings (SSSR count). The summed E-state index contributed by atoms with van der Waals surface area (Å²) in [5, 5.41) is 1.08. The molecule has 0 bridgehead atoms. The molecule has 2 aromatic heterocycles. The molecule has 0 amide bonds. The van der Waals surface area contributed by atoms with Gasteiger partial charge in [0, 0.05) is 5.75 Å². The molecule has 5 nitrogen and oxygen atoms in total. The van der Waals surface area contributed by atoms with E-state index in [1.807, 2.05) is 0 Å². The average molecular weight is 312 g/mol. The molecule has 0 radical (unpaired) electrons. The second kappa shape index (κ2) is 6.41. The number of aromatic nitrogens is 2. The minimum atomic E-state index is -0.393. The highest BCUT2D eigenvalue weighted by molar-refractivity contribution is 7.99. The van der Waals surface area contributed by atoms with Gasteiger partial charge in [-0.1, -0.05) is 18.7 Å². The summed E-state index contributed by atoms with van der Waals surface area (Å²) in [6.45, 7) is 5.89. The van der Waals surface area contributed by atoms with Crippen molar-refractivity contribution in [2.75, 3.05) is 12.4 Å². The molecule has 0 unspecified atom stereocenters. The molecular weight excluding hydrogens is 296 g/mol. The van der Waals surface area contributed by atoms with Crippen LogP contribution in [0.15, 0.2) is 9.95 Å². The quantitative estimate of drug-likeness (QED) is 0.522. The predicted molar refractivity (Wildman–Crippen MR) is 81.9 cm³/mol. The van der Waals surface area contributed by atoms with E-state index in [4.69, 9.17) is 4.74 Å². The van der Waals surface area contributed by atoms with Gasteiger partial charge in [0.25, 0.3) is 5.56 Å². The fourth-order valence-electron chi connectivity index (χ4n) is 1.78. The summed E-state index contributed by atoms with van der Waals surface area (Å²) in [4.78, 5) is 32.2. The Morgan fingerprint density at radius 1 is 1.45 bits per heavy atom. The Balaban J connectivity index is 2.50. The number of aryl methyl sites for hydroxylation is 1. The largest absolute Gasteiger partial charge is 0.462 e. The lowest BCUT2D eigenvalue weighted by Crippen LogP contribution is -2.09. The van der Waals surface area contributed by atoms with E-state index < -0.39 is 5.97 Å². The Morgan fingerprint density at radius 2 is 2.20 bits per heavy atom. The number of hydrogen-bond donors (Lipinski definition) is 1. The number of thioether (sulfide) groups is 1. The van der Waals surface area contributed by atoms with Gasteiger partial charge >= 0.3 is 5.97 Å². The van der Waals surface area contributed by atoms with E-state index in [0.29, 0.717) is 32.4 Å². The number of nitrogens with zero attached hydrogens (tertiary/aromatic N) is 1.